The van der Waals surface area contributed by atoms with Crippen molar-refractivity contribution in [2.75, 3.05) is 13.7 Å². The molecule has 1 aliphatic carbocycles. The first-order chi connectivity index (χ1) is 9.97. The van der Waals surface area contributed by atoms with Crippen LogP contribution in [0.2, 0.25) is 0 Å². The fraction of sp³-hybridized carbons (Fsp3) is 0.600. The number of sulfonamides is 1. The molecule has 1 aromatic carbocycles. The molecule has 118 valence electrons. The molecule has 0 bridgehead atoms. The molecule has 6 heteroatoms. The minimum absolute atomic E-state index is 0.0843. The first-order valence-electron chi connectivity index (χ1n) is 7.35. The lowest BCUT2D eigenvalue weighted by Crippen LogP contribution is -2.44. The number of aryl methyl sites for hydroxylation is 1. The molecule has 1 aromatic rings. The number of hydrogen-bond donors (Lipinski definition) is 2. The van der Waals surface area contributed by atoms with Crippen molar-refractivity contribution in [3.8, 4) is 5.75 Å². The van der Waals surface area contributed by atoms with Crippen LogP contribution in [0.15, 0.2) is 23.1 Å². The van der Waals surface area contributed by atoms with Gasteiger partial charge in [-0.2, -0.15) is 0 Å². The van der Waals surface area contributed by atoms with Gasteiger partial charge in [0.2, 0.25) is 10.0 Å². The summed E-state index contributed by atoms with van der Waals surface area (Å²) in [5.74, 6) is 0.581. The van der Waals surface area contributed by atoms with Crippen LogP contribution in [0.4, 0.5) is 0 Å². The van der Waals surface area contributed by atoms with Gasteiger partial charge in [-0.1, -0.05) is 18.9 Å². The van der Waals surface area contributed by atoms with Crippen molar-refractivity contribution in [3.63, 3.8) is 0 Å². The molecule has 3 N–H and O–H groups in total. The number of benzene rings is 1. The van der Waals surface area contributed by atoms with Crippen LogP contribution in [0.1, 0.15) is 31.2 Å². The molecule has 21 heavy (non-hydrogen) atoms. The van der Waals surface area contributed by atoms with Gasteiger partial charge in [0, 0.05) is 6.04 Å². The standard InChI is InChI=1S/C15H24N2O3S/c1-11-7-8-14(20-2)15(9-11)21(18,19)17-13-6-4-3-5-12(13)10-16/h7-9,12-13,17H,3-6,10,16H2,1-2H3. The van der Waals surface area contributed by atoms with E-state index in [4.69, 9.17) is 10.5 Å². The number of nitrogens with two attached hydrogens (primary N) is 1. The van der Waals surface area contributed by atoms with E-state index in [1.807, 2.05) is 13.0 Å². The number of rotatable bonds is 5. The fourth-order valence-electron chi connectivity index (χ4n) is 2.90. The smallest absolute Gasteiger partial charge is 0.244 e. The van der Waals surface area contributed by atoms with Gasteiger partial charge >= 0.3 is 0 Å². The van der Waals surface area contributed by atoms with E-state index in [1.165, 1.54) is 7.11 Å². The highest BCUT2D eigenvalue weighted by Gasteiger charge is 2.30. The second-order valence-corrected chi connectivity index (χ2v) is 7.34. The van der Waals surface area contributed by atoms with Crippen LogP contribution in [-0.4, -0.2) is 28.1 Å². The van der Waals surface area contributed by atoms with Gasteiger partial charge in [-0.05, 0) is 49.9 Å². The van der Waals surface area contributed by atoms with Gasteiger partial charge in [0.05, 0.1) is 7.11 Å². The third-order valence-electron chi connectivity index (χ3n) is 4.13. The fourth-order valence-corrected chi connectivity index (χ4v) is 4.49. The Balaban J connectivity index is 2.27. The molecule has 0 aliphatic heterocycles. The molecule has 2 rings (SSSR count). The van der Waals surface area contributed by atoms with Crippen LogP contribution in [0, 0.1) is 12.8 Å². The number of hydrogen-bond acceptors (Lipinski definition) is 4. The van der Waals surface area contributed by atoms with Gasteiger partial charge in [0.1, 0.15) is 10.6 Å². The van der Waals surface area contributed by atoms with E-state index in [-0.39, 0.29) is 16.9 Å². The average molecular weight is 312 g/mol. The van der Waals surface area contributed by atoms with E-state index >= 15 is 0 Å². The zero-order chi connectivity index (χ0) is 15.5. The Morgan fingerprint density at radius 3 is 2.71 bits per heavy atom. The van der Waals surface area contributed by atoms with Crippen molar-refractivity contribution in [1.29, 1.82) is 0 Å². The Kier molecular flexibility index (Phi) is 5.24. The summed E-state index contributed by atoms with van der Waals surface area (Å²) >= 11 is 0. The van der Waals surface area contributed by atoms with Crippen LogP contribution in [0.5, 0.6) is 5.75 Å². The summed E-state index contributed by atoms with van der Waals surface area (Å²) in [6.45, 7) is 2.37. The summed E-state index contributed by atoms with van der Waals surface area (Å²) in [5.41, 5.74) is 6.66. The monoisotopic (exact) mass is 312 g/mol. The Hall–Kier alpha value is -1.11. The molecule has 0 heterocycles. The maximum Gasteiger partial charge on any atom is 0.244 e. The summed E-state index contributed by atoms with van der Waals surface area (Å²) in [7, 11) is -2.12. The predicted molar refractivity (Wildman–Crippen MR) is 82.9 cm³/mol. The summed E-state index contributed by atoms with van der Waals surface area (Å²) in [6, 6.07) is 5.08. The van der Waals surface area contributed by atoms with E-state index in [2.05, 4.69) is 4.72 Å². The van der Waals surface area contributed by atoms with Gasteiger partial charge in [0.25, 0.3) is 0 Å². The lowest BCUT2D eigenvalue weighted by Gasteiger charge is -2.31. The summed E-state index contributed by atoms with van der Waals surface area (Å²) in [4.78, 5) is 0.200. The van der Waals surface area contributed by atoms with E-state index < -0.39 is 10.0 Å². The Morgan fingerprint density at radius 1 is 1.33 bits per heavy atom. The van der Waals surface area contributed by atoms with Crippen LogP contribution >= 0.6 is 0 Å². The lowest BCUT2D eigenvalue weighted by atomic mass is 9.85. The Bertz CT molecular complexity index is 587. The van der Waals surface area contributed by atoms with Crippen LogP contribution < -0.4 is 15.2 Å². The van der Waals surface area contributed by atoms with Crippen molar-refractivity contribution in [3.05, 3.63) is 23.8 Å². The largest absolute Gasteiger partial charge is 0.495 e. The SMILES string of the molecule is COc1ccc(C)cc1S(=O)(=O)NC1CCCCC1CN. The van der Waals surface area contributed by atoms with Crippen LogP contribution in [0.3, 0.4) is 0 Å². The topological polar surface area (TPSA) is 81.4 Å². The van der Waals surface area contributed by atoms with Crippen molar-refractivity contribution in [2.24, 2.45) is 11.7 Å². The second-order valence-electron chi connectivity index (χ2n) is 5.66. The predicted octanol–water partition coefficient (Wildman–Crippen LogP) is 1.80. The zero-order valence-corrected chi connectivity index (χ0v) is 13.4. The molecule has 1 fully saturated rings. The van der Waals surface area contributed by atoms with Crippen molar-refractivity contribution < 1.29 is 13.2 Å². The third kappa shape index (κ3) is 3.75. The van der Waals surface area contributed by atoms with Gasteiger partial charge in [-0.15, -0.1) is 0 Å². The minimum Gasteiger partial charge on any atom is -0.495 e. The van der Waals surface area contributed by atoms with E-state index in [9.17, 15) is 8.42 Å². The summed E-state index contributed by atoms with van der Waals surface area (Å²) in [5, 5.41) is 0. The highest BCUT2D eigenvalue weighted by molar-refractivity contribution is 7.89. The Morgan fingerprint density at radius 2 is 2.05 bits per heavy atom. The molecule has 0 radical (unpaired) electrons. The number of methoxy groups -OCH3 is 1. The summed E-state index contributed by atoms with van der Waals surface area (Å²) < 4.78 is 33.3. The number of ether oxygens (including phenoxy) is 1. The van der Waals surface area contributed by atoms with Gasteiger partial charge < -0.3 is 10.5 Å². The third-order valence-corrected chi connectivity index (χ3v) is 5.64. The molecule has 5 nitrogen and oxygen atoms in total. The minimum atomic E-state index is -3.60. The highest BCUT2D eigenvalue weighted by atomic mass is 32.2. The number of nitrogens with one attached hydrogen (secondary N) is 1. The first kappa shape index (κ1) is 16.3. The van der Waals surface area contributed by atoms with Gasteiger partial charge in [-0.3, -0.25) is 0 Å². The van der Waals surface area contributed by atoms with Crippen LogP contribution in [0.25, 0.3) is 0 Å². The molecule has 2 atom stereocenters. The van der Waals surface area contributed by atoms with Crippen molar-refractivity contribution in [2.45, 2.75) is 43.5 Å². The molecule has 0 saturated heterocycles. The maximum absolute atomic E-state index is 12.7. The molecule has 2 unspecified atom stereocenters. The van der Waals surface area contributed by atoms with E-state index in [0.29, 0.717) is 12.3 Å². The first-order valence-corrected chi connectivity index (χ1v) is 8.83. The quantitative estimate of drug-likeness (QED) is 0.868. The second kappa shape index (κ2) is 6.77. The van der Waals surface area contributed by atoms with Gasteiger partial charge in [0.15, 0.2) is 0 Å². The highest BCUT2D eigenvalue weighted by Crippen LogP contribution is 2.28. The van der Waals surface area contributed by atoms with Crippen LogP contribution in [-0.2, 0) is 10.0 Å². The molecule has 1 aliphatic rings. The molecule has 1 saturated carbocycles. The van der Waals surface area contributed by atoms with Gasteiger partial charge in [-0.25, -0.2) is 13.1 Å². The zero-order valence-electron chi connectivity index (χ0n) is 12.6. The normalized spacial score (nSPS) is 23.0. The summed E-state index contributed by atoms with van der Waals surface area (Å²) in [6.07, 6.45) is 3.98. The molecular weight excluding hydrogens is 288 g/mol. The molecular formula is C15H24N2O3S. The van der Waals surface area contributed by atoms with Crippen molar-refractivity contribution in [1.82, 2.24) is 4.72 Å². The average Bonchev–Trinajstić information content (AvgIpc) is 2.47. The molecule has 0 aromatic heterocycles. The molecule has 0 amide bonds. The maximum atomic E-state index is 12.7. The van der Waals surface area contributed by atoms with E-state index in [1.54, 1.807) is 12.1 Å². The lowest BCUT2D eigenvalue weighted by molar-refractivity contribution is 0.295. The van der Waals surface area contributed by atoms with E-state index in [0.717, 1.165) is 31.2 Å². The van der Waals surface area contributed by atoms with Crippen molar-refractivity contribution >= 4 is 10.0 Å². The molecule has 0 spiro atoms. The Labute approximate surface area is 126 Å².